The summed E-state index contributed by atoms with van der Waals surface area (Å²) in [5.74, 6) is 0.577. The predicted molar refractivity (Wildman–Crippen MR) is 95.3 cm³/mol. The van der Waals surface area contributed by atoms with Crippen molar-refractivity contribution in [2.45, 2.75) is 6.92 Å². The summed E-state index contributed by atoms with van der Waals surface area (Å²) in [6, 6.07) is 9.19. The van der Waals surface area contributed by atoms with Gasteiger partial charge in [-0.05, 0) is 36.9 Å². The lowest BCUT2D eigenvalue weighted by Gasteiger charge is -2.34. The van der Waals surface area contributed by atoms with Gasteiger partial charge in [-0.1, -0.05) is 6.92 Å². The number of hydrogen-bond acceptors (Lipinski definition) is 5. The third-order valence-corrected chi connectivity index (χ3v) is 4.65. The van der Waals surface area contributed by atoms with E-state index in [2.05, 4.69) is 21.8 Å². The zero-order valence-electron chi connectivity index (χ0n) is 14.2. The van der Waals surface area contributed by atoms with Gasteiger partial charge in [-0.25, -0.2) is 4.98 Å². The van der Waals surface area contributed by atoms with Gasteiger partial charge in [0, 0.05) is 44.1 Å². The van der Waals surface area contributed by atoms with Gasteiger partial charge in [-0.3, -0.25) is 9.78 Å². The first-order chi connectivity index (χ1) is 12.2. The molecule has 128 valence electrons. The van der Waals surface area contributed by atoms with E-state index in [1.165, 1.54) is 0 Å². The third-order valence-electron chi connectivity index (χ3n) is 4.65. The highest BCUT2D eigenvalue weighted by Crippen LogP contribution is 2.24. The van der Waals surface area contributed by atoms with Gasteiger partial charge in [0.05, 0.1) is 5.56 Å². The van der Waals surface area contributed by atoms with Crippen LogP contribution in [0.1, 0.15) is 17.3 Å². The van der Waals surface area contributed by atoms with Crippen LogP contribution in [0.15, 0.2) is 47.1 Å². The van der Waals surface area contributed by atoms with E-state index in [-0.39, 0.29) is 5.91 Å². The van der Waals surface area contributed by atoms with Crippen LogP contribution >= 0.6 is 0 Å². The lowest BCUT2D eigenvalue weighted by Crippen LogP contribution is -2.48. The molecule has 1 saturated heterocycles. The molecule has 0 saturated carbocycles. The maximum atomic E-state index is 12.8. The Bertz CT molecular complexity index is 883. The van der Waals surface area contributed by atoms with E-state index in [9.17, 15) is 4.79 Å². The fraction of sp³-hybridized carbons (Fsp3) is 0.316. The molecule has 1 aliphatic rings. The SMILES string of the molecule is CCN1CCN(C(=O)c2ccc3oc(-c4cccnc4)nc3c2)CC1. The van der Waals surface area contributed by atoms with Crippen LogP contribution in [0.3, 0.4) is 0 Å². The maximum absolute atomic E-state index is 12.8. The Labute approximate surface area is 146 Å². The Morgan fingerprint density at radius 3 is 2.76 bits per heavy atom. The van der Waals surface area contributed by atoms with Crippen molar-refractivity contribution in [3.8, 4) is 11.5 Å². The van der Waals surface area contributed by atoms with Crippen LogP contribution < -0.4 is 0 Å². The summed E-state index contributed by atoms with van der Waals surface area (Å²) in [4.78, 5) is 25.6. The fourth-order valence-electron chi connectivity index (χ4n) is 3.12. The number of nitrogens with zero attached hydrogens (tertiary/aromatic N) is 4. The van der Waals surface area contributed by atoms with Gasteiger partial charge in [0.15, 0.2) is 5.58 Å². The van der Waals surface area contributed by atoms with Crippen LogP contribution in [-0.4, -0.2) is 58.4 Å². The zero-order chi connectivity index (χ0) is 17.2. The fourth-order valence-corrected chi connectivity index (χ4v) is 3.12. The molecule has 1 aromatic carbocycles. The molecule has 0 atom stereocenters. The van der Waals surface area contributed by atoms with E-state index in [0.29, 0.717) is 22.6 Å². The number of carbonyl (C=O) groups is 1. The van der Waals surface area contributed by atoms with E-state index in [4.69, 9.17) is 4.42 Å². The van der Waals surface area contributed by atoms with Crippen molar-refractivity contribution in [3.63, 3.8) is 0 Å². The molecule has 0 bridgehead atoms. The summed E-state index contributed by atoms with van der Waals surface area (Å²) < 4.78 is 5.78. The minimum Gasteiger partial charge on any atom is -0.436 e. The number of hydrogen-bond donors (Lipinski definition) is 0. The van der Waals surface area contributed by atoms with E-state index < -0.39 is 0 Å². The molecule has 4 rings (SSSR count). The lowest BCUT2D eigenvalue weighted by molar-refractivity contribution is 0.0643. The van der Waals surface area contributed by atoms with Crippen molar-refractivity contribution in [2.75, 3.05) is 32.7 Å². The number of rotatable bonds is 3. The van der Waals surface area contributed by atoms with Gasteiger partial charge >= 0.3 is 0 Å². The molecule has 3 aromatic rings. The highest BCUT2D eigenvalue weighted by atomic mass is 16.3. The quantitative estimate of drug-likeness (QED) is 0.736. The largest absolute Gasteiger partial charge is 0.436 e. The number of benzene rings is 1. The molecule has 25 heavy (non-hydrogen) atoms. The van der Waals surface area contributed by atoms with E-state index >= 15 is 0 Å². The number of amides is 1. The summed E-state index contributed by atoms with van der Waals surface area (Å²) in [7, 11) is 0. The molecule has 0 unspecified atom stereocenters. The van der Waals surface area contributed by atoms with Crippen LogP contribution in [0.5, 0.6) is 0 Å². The van der Waals surface area contributed by atoms with Crippen LogP contribution in [0, 0.1) is 0 Å². The second-order valence-corrected chi connectivity index (χ2v) is 6.17. The van der Waals surface area contributed by atoms with Crippen molar-refractivity contribution in [1.82, 2.24) is 19.8 Å². The molecule has 6 nitrogen and oxygen atoms in total. The summed E-state index contributed by atoms with van der Waals surface area (Å²) in [5, 5.41) is 0. The van der Waals surface area contributed by atoms with Gasteiger partial charge in [-0.15, -0.1) is 0 Å². The molecule has 0 aliphatic carbocycles. The van der Waals surface area contributed by atoms with Gasteiger partial charge in [-0.2, -0.15) is 0 Å². The molecule has 2 aromatic heterocycles. The number of carbonyl (C=O) groups excluding carboxylic acids is 1. The topological polar surface area (TPSA) is 62.5 Å². The molecule has 1 fully saturated rings. The number of pyridine rings is 1. The van der Waals surface area contributed by atoms with Gasteiger partial charge in [0.1, 0.15) is 5.52 Å². The van der Waals surface area contributed by atoms with Gasteiger partial charge in [0.2, 0.25) is 5.89 Å². The monoisotopic (exact) mass is 336 g/mol. The summed E-state index contributed by atoms with van der Waals surface area (Å²) >= 11 is 0. The Morgan fingerprint density at radius 2 is 2.04 bits per heavy atom. The summed E-state index contributed by atoms with van der Waals surface area (Å²) in [6.45, 7) is 6.58. The number of oxazole rings is 1. The molecule has 0 radical (unpaired) electrons. The Morgan fingerprint density at radius 1 is 1.20 bits per heavy atom. The van der Waals surface area contributed by atoms with Crippen LogP contribution in [0.4, 0.5) is 0 Å². The van der Waals surface area contributed by atoms with E-state index in [1.807, 2.05) is 35.2 Å². The van der Waals surface area contributed by atoms with E-state index in [0.717, 1.165) is 38.3 Å². The van der Waals surface area contributed by atoms with Gasteiger partial charge < -0.3 is 14.2 Å². The van der Waals surface area contributed by atoms with Crippen molar-refractivity contribution in [2.24, 2.45) is 0 Å². The molecule has 6 heteroatoms. The predicted octanol–water partition coefficient (Wildman–Crippen LogP) is 2.67. The number of likely N-dealkylation sites (N-methyl/N-ethyl adjacent to an activating group) is 1. The standard InChI is InChI=1S/C19H20N4O2/c1-2-22-8-10-23(11-9-22)19(24)14-5-6-17-16(12-14)21-18(25-17)15-4-3-7-20-13-15/h3-7,12-13H,2,8-11H2,1H3. The van der Waals surface area contributed by atoms with Crippen molar-refractivity contribution >= 4 is 17.0 Å². The highest BCUT2D eigenvalue weighted by molar-refractivity contribution is 5.97. The number of fused-ring (bicyclic) bond motifs is 1. The van der Waals surface area contributed by atoms with Crippen LogP contribution in [0.2, 0.25) is 0 Å². The van der Waals surface area contributed by atoms with Gasteiger partial charge in [0.25, 0.3) is 5.91 Å². The molecular weight excluding hydrogens is 316 g/mol. The molecule has 0 N–H and O–H groups in total. The minimum atomic E-state index is 0.0589. The molecular formula is C19H20N4O2. The second-order valence-electron chi connectivity index (χ2n) is 6.17. The second kappa shape index (κ2) is 6.64. The van der Waals surface area contributed by atoms with Crippen LogP contribution in [0.25, 0.3) is 22.6 Å². The van der Waals surface area contributed by atoms with E-state index in [1.54, 1.807) is 12.4 Å². The van der Waals surface area contributed by atoms with Crippen molar-refractivity contribution in [1.29, 1.82) is 0 Å². The average molecular weight is 336 g/mol. The van der Waals surface area contributed by atoms with Crippen LogP contribution in [-0.2, 0) is 0 Å². The normalized spacial score (nSPS) is 15.6. The molecule has 3 heterocycles. The summed E-state index contributed by atoms with van der Waals surface area (Å²) in [5.41, 5.74) is 2.84. The molecule has 1 amide bonds. The first kappa shape index (κ1) is 15.8. The molecule has 1 aliphatic heterocycles. The molecule has 0 spiro atoms. The summed E-state index contributed by atoms with van der Waals surface area (Å²) in [6.07, 6.45) is 3.42. The third kappa shape index (κ3) is 3.13. The highest BCUT2D eigenvalue weighted by Gasteiger charge is 2.22. The Balaban J connectivity index is 1.58. The smallest absolute Gasteiger partial charge is 0.254 e. The lowest BCUT2D eigenvalue weighted by atomic mass is 10.1. The van der Waals surface area contributed by atoms with Crippen molar-refractivity contribution < 1.29 is 9.21 Å². The zero-order valence-corrected chi connectivity index (χ0v) is 14.2. The average Bonchev–Trinajstić information content (AvgIpc) is 3.11. The first-order valence-corrected chi connectivity index (χ1v) is 8.57. The van der Waals surface area contributed by atoms with Crippen molar-refractivity contribution in [3.05, 3.63) is 48.3 Å². The first-order valence-electron chi connectivity index (χ1n) is 8.57. The Kier molecular flexibility index (Phi) is 4.19. The Hall–Kier alpha value is -2.73. The number of piperazine rings is 1. The number of aromatic nitrogens is 2. The maximum Gasteiger partial charge on any atom is 0.254 e. The minimum absolute atomic E-state index is 0.0589.